The molecule has 3 rings (SSSR count). The van der Waals surface area contributed by atoms with Gasteiger partial charge in [0.1, 0.15) is 12.5 Å². The number of hydrogen-bond acceptors (Lipinski definition) is 6. The Morgan fingerprint density at radius 3 is 2.86 bits per heavy atom. The van der Waals surface area contributed by atoms with Gasteiger partial charge in [0.2, 0.25) is 0 Å². The first kappa shape index (κ1) is 20.4. The minimum atomic E-state index is -0.952. The molecule has 1 aromatic rings. The van der Waals surface area contributed by atoms with Crippen LogP contribution in [0.5, 0.6) is 0 Å². The molecule has 2 aliphatic heterocycles. The van der Waals surface area contributed by atoms with Crippen molar-refractivity contribution in [3.63, 3.8) is 0 Å². The molecule has 0 N–H and O–H groups in total. The van der Waals surface area contributed by atoms with Crippen molar-refractivity contribution in [2.24, 2.45) is 5.92 Å². The second-order valence-electron chi connectivity index (χ2n) is 6.97. The zero-order valence-corrected chi connectivity index (χ0v) is 17.0. The summed E-state index contributed by atoms with van der Waals surface area (Å²) in [5.41, 5.74) is 0.911. The van der Waals surface area contributed by atoms with Crippen molar-refractivity contribution in [3.8, 4) is 0 Å². The number of carbonyl (C=O) groups excluding carboxylic acids is 2. The van der Waals surface area contributed by atoms with Gasteiger partial charge in [0, 0.05) is 23.2 Å². The van der Waals surface area contributed by atoms with Gasteiger partial charge in [-0.2, -0.15) is 0 Å². The van der Waals surface area contributed by atoms with Crippen LogP contribution in [0.4, 0.5) is 0 Å². The van der Waals surface area contributed by atoms with Crippen molar-refractivity contribution in [2.75, 3.05) is 26.9 Å². The first-order chi connectivity index (χ1) is 13.3. The summed E-state index contributed by atoms with van der Waals surface area (Å²) in [4.78, 5) is 27.9. The Bertz CT molecular complexity index is 836. The van der Waals surface area contributed by atoms with Crippen LogP contribution in [-0.4, -0.2) is 49.4 Å². The number of fused-ring (bicyclic) bond motifs is 1. The van der Waals surface area contributed by atoms with Crippen LogP contribution in [0.2, 0.25) is 5.02 Å². The number of allylic oxidation sites excluding steroid dienone is 1. The Morgan fingerprint density at radius 1 is 1.46 bits per heavy atom. The third-order valence-corrected chi connectivity index (χ3v) is 5.71. The highest BCUT2D eigenvalue weighted by atomic mass is 35.5. The molecule has 0 unspecified atom stereocenters. The van der Waals surface area contributed by atoms with Gasteiger partial charge in [-0.3, -0.25) is 4.79 Å². The standard InChI is InChI=1S/C21H24ClNO5/c1-5-10-27-20(25)18-17(14-7-6-8-15(22)12-14)16(19(24)26-4)13(2)23-9-11-28-21(18,23)3/h5-8,12,17-18H,1,9-11H2,2-4H3/t17-,18-,21+/m1/s1. The minimum Gasteiger partial charge on any atom is -0.466 e. The molecule has 150 valence electrons. The lowest BCUT2D eigenvalue weighted by Gasteiger charge is -2.48. The molecule has 0 spiro atoms. The lowest BCUT2D eigenvalue weighted by atomic mass is 9.71. The largest absolute Gasteiger partial charge is 0.466 e. The van der Waals surface area contributed by atoms with E-state index in [1.807, 2.05) is 24.8 Å². The van der Waals surface area contributed by atoms with Crippen LogP contribution < -0.4 is 0 Å². The molecule has 2 heterocycles. The monoisotopic (exact) mass is 405 g/mol. The zero-order chi connectivity index (χ0) is 20.5. The van der Waals surface area contributed by atoms with Crippen molar-refractivity contribution in [1.82, 2.24) is 4.90 Å². The fourth-order valence-electron chi connectivity index (χ4n) is 4.28. The van der Waals surface area contributed by atoms with Gasteiger partial charge in [-0.15, -0.1) is 0 Å². The van der Waals surface area contributed by atoms with E-state index in [1.165, 1.54) is 13.2 Å². The third kappa shape index (κ3) is 3.31. The molecule has 0 aromatic heterocycles. The number of rotatable bonds is 5. The second kappa shape index (κ2) is 7.97. The van der Waals surface area contributed by atoms with Crippen LogP contribution in [0.25, 0.3) is 0 Å². The predicted molar refractivity (Wildman–Crippen MR) is 105 cm³/mol. The summed E-state index contributed by atoms with van der Waals surface area (Å²) >= 11 is 6.22. The highest BCUT2D eigenvalue weighted by Gasteiger charge is 2.58. The molecule has 0 aliphatic carbocycles. The molecule has 0 radical (unpaired) electrons. The highest BCUT2D eigenvalue weighted by molar-refractivity contribution is 6.30. The molecule has 1 fully saturated rings. The average molecular weight is 406 g/mol. The van der Waals surface area contributed by atoms with Gasteiger partial charge >= 0.3 is 11.9 Å². The maximum Gasteiger partial charge on any atom is 0.336 e. The van der Waals surface area contributed by atoms with E-state index in [9.17, 15) is 9.59 Å². The second-order valence-corrected chi connectivity index (χ2v) is 7.41. The van der Waals surface area contributed by atoms with Crippen LogP contribution >= 0.6 is 11.6 Å². The van der Waals surface area contributed by atoms with E-state index in [0.29, 0.717) is 23.7 Å². The number of halogens is 1. The van der Waals surface area contributed by atoms with E-state index in [2.05, 4.69) is 6.58 Å². The van der Waals surface area contributed by atoms with Gasteiger partial charge in [0.25, 0.3) is 0 Å². The van der Waals surface area contributed by atoms with Gasteiger partial charge in [-0.1, -0.05) is 36.4 Å². The van der Waals surface area contributed by atoms with Crippen LogP contribution in [0, 0.1) is 5.92 Å². The molecule has 3 atom stereocenters. The summed E-state index contributed by atoms with van der Waals surface area (Å²) in [5.74, 6) is -2.36. The van der Waals surface area contributed by atoms with E-state index >= 15 is 0 Å². The number of nitrogens with zero attached hydrogens (tertiary/aromatic N) is 1. The minimum absolute atomic E-state index is 0.0733. The van der Waals surface area contributed by atoms with Crippen molar-refractivity contribution in [1.29, 1.82) is 0 Å². The number of benzene rings is 1. The van der Waals surface area contributed by atoms with Gasteiger partial charge in [-0.25, -0.2) is 4.79 Å². The molecule has 0 bridgehead atoms. The van der Waals surface area contributed by atoms with E-state index in [4.69, 9.17) is 25.8 Å². The van der Waals surface area contributed by atoms with Crippen LogP contribution in [-0.2, 0) is 23.8 Å². The molecular formula is C21H24ClNO5. The molecular weight excluding hydrogens is 382 g/mol. The lowest BCUT2D eigenvalue weighted by molar-refractivity contribution is -0.172. The Kier molecular flexibility index (Phi) is 5.82. The summed E-state index contributed by atoms with van der Waals surface area (Å²) < 4.78 is 16.5. The van der Waals surface area contributed by atoms with Crippen molar-refractivity contribution in [3.05, 3.63) is 58.8 Å². The highest BCUT2D eigenvalue weighted by Crippen LogP contribution is 2.51. The summed E-state index contributed by atoms with van der Waals surface area (Å²) in [6.45, 7) is 8.38. The number of esters is 2. The Hall–Kier alpha value is -2.31. The fraction of sp³-hybridized carbons (Fsp3) is 0.429. The van der Waals surface area contributed by atoms with E-state index < -0.39 is 29.5 Å². The van der Waals surface area contributed by atoms with E-state index in [1.54, 1.807) is 18.2 Å². The average Bonchev–Trinajstić information content (AvgIpc) is 3.08. The Labute approximate surface area is 169 Å². The van der Waals surface area contributed by atoms with Crippen molar-refractivity contribution < 1.29 is 23.8 Å². The first-order valence-corrected chi connectivity index (χ1v) is 9.46. The molecule has 0 saturated carbocycles. The number of methoxy groups -OCH3 is 1. The van der Waals surface area contributed by atoms with Gasteiger partial charge in [0.05, 0.1) is 19.3 Å². The zero-order valence-electron chi connectivity index (χ0n) is 16.2. The van der Waals surface area contributed by atoms with Gasteiger partial charge in [0.15, 0.2) is 5.72 Å². The van der Waals surface area contributed by atoms with E-state index in [-0.39, 0.29) is 6.61 Å². The third-order valence-electron chi connectivity index (χ3n) is 5.47. The summed E-state index contributed by atoms with van der Waals surface area (Å²) in [5, 5.41) is 0.512. The number of ether oxygens (including phenoxy) is 3. The van der Waals surface area contributed by atoms with E-state index in [0.717, 1.165) is 11.3 Å². The van der Waals surface area contributed by atoms with Crippen LogP contribution in [0.3, 0.4) is 0 Å². The van der Waals surface area contributed by atoms with Crippen molar-refractivity contribution >= 4 is 23.5 Å². The SMILES string of the molecule is C=CCOC(=O)[C@H]1[C@H](c2cccc(Cl)c2)C(C(=O)OC)=C(C)N2CCO[C@@]12C. The molecule has 28 heavy (non-hydrogen) atoms. The Balaban J connectivity index is 2.24. The fourth-order valence-corrected chi connectivity index (χ4v) is 4.48. The maximum atomic E-state index is 13.2. The topological polar surface area (TPSA) is 65.1 Å². The normalized spacial score (nSPS) is 26.6. The first-order valence-electron chi connectivity index (χ1n) is 9.08. The van der Waals surface area contributed by atoms with Gasteiger partial charge in [-0.05, 0) is 31.5 Å². The molecule has 7 heteroatoms. The number of hydrogen-bond donors (Lipinski definition) is 0. The summed E-state index contributed by atoms with van der Waals surface area (Å²) in [6, 6.07) is 7.13. The molecule has 0 amide bonds. The predicted octanol–water partition coefficient (Wildman–Crippen LogP) is 3.28. The molecule has 1 aromatic carbocycles. The summed E-state index contributed by atoms with van der Waals surface area (Å²) in [6.07, 6.45) is 1.51. The Morgan fingerprint density at radius 2 is 2.21 bits per heavy atom. The van der Waals surface area contributed by atoms with Crippen molar-refractivity contribution in [2.45, 2.75) is 25.5 Å². The maximum absolute atomic E-state index is 13.2. The molecule has 6 nitrogen and oxygen atoms in total. The summed E-state index contributed by atoms with van der Waals surface area (Å²) in [7, 11) is 1.33. The van der Waals surface area contributed by atoms with Crippen LogP contribution in [0.1, 0.15) is 25.3 Å². The van der Waals surface area contributed by atoms with Gasteiger partial charge < -0.3 is 19.1 Å². The number of carbonyl (C=O) groups is 2. The van der Waals surface area contributed by atoms with Crippen LogP contribution in [0.15, 0.2) is 48.2 Å². The quantitative estimate of drug-likeness (QED) is 0.553. The molecule has 1 saturated heterocycles. The lowest BCUT2D eigenvalue weighted by Crippen LogP contribution is -2.57. The molecule has 2 aliphatic rings. The smallest absolute Gasteiger partial charge is 0.336 e.